The highest BCUT2D eigenvalue weighted by Gasteiger charge is 2.07. The average molecular weight is 301 g/mol. The minimum absolute atomic E-state index is 0.0448. The molecule has 0 aliphatic heterocycles. The Kier molecular flexibility index (Phi) is 12.7. The Morgan fingerprint density at radius 1 is 1.23 bits per heavy atom. The van der Waals surface area contributed by atoms with Crippen molar-refractivity contribution in [3.05, 3.63) is 59.7 Å². The molecule has 0 unspecified atom stereocenters. The van der Waals surface area contributed by atoms with Gasteiger partial charge in [0.15, 0.2) is 5.78 Å². The summed E-state index contributed by atoms with van der Waals surface area (Å²) in [5, 5.41) is 0. The summed E-state index contributed by atoms with van der Waals surface area (Å²) in [5.41, 5.74) is 1.41. The molecular weight excluding hydrogens is 274 g/mol. The van der Waals surface area contributed by atoms with Crippen molar-refractivity contribution < 1.29 is 9.53 Å². The van der Waals surface area contributed by atoms with E-state index in [0.717, 1.165) is 6.42 Å². The summed E-state index contributed by atoms with van der Waals surface area (Å²) in [6, 6.07) is 9.29. The van der Waals surface area contributed by atoms with Gasteiger partial charge in [-0.25, -0.2) is 0 Å². The van der Waals surface area contributed by atoms with E-state index in [-0.39, 0.29) is 5.78 Å². The van der Waals surface area contributed by atoms with Gasteiger partial charge in [-0.05, 0) is 13.3 Å². The van der Waals surface area contributed by atoms with E-state index >= 15 is 0 Å². The van der Waals surface area contributed by atoms with Crippen molar-refractivity contribution in [3.8, 4) is 0 Å². The van der Waals surface area contributed by atoms with Crippen molar-refractivity contribution in [2.75, 3.05) is 20.3 Å². The Hall–Kier alpha value is -2.00. The zero-order valence-corrected chi connectivity index (χ0v) is 14.1. The number of carbonyl (C=O) groups is 1. The Balaban J connectivity index is 0.00000211. The molecule has 3 heteroatoms. The number of carbonyl (C=O) groups excluding carboxylic acids is 1. The predicted octanol–water partition coefficient (Wildman–Crippen LogP) is 4.51. The maximum Gasteiger partial charge on any atom is 0.192 e. The van der Waals surface area contributed by atoms with Gasteiger partial charge in [-0.2, -0.15) is 0 Å². The molecule has 0 saturated heterocycles. The largest absolute Gasteiger partial charge is 0.376 e. The van der Waals surface area contributed by atoms with Gasteiger partial charge in [-0.3, -0.25) is 9.79 Å². The van der Waals surface area contributed by atoms with Gasteiger partial charge in [0.1, 0.15) is 0 Å². The Labute approximate surface area is 134 Å². The second-order valence-corrected chi connectivity index (χ2v) is 4.15. The highest BCUT2D eigenvalue weighted by atomic mass is 16.5. The Morgan fingerprint density at radius 3 is 2.50 bits per heavy atom. The molecule has 3 nitrogen and oxygen atoms in total. The summed E-state index contributed by atoms with van der Waals surface area (Å²) in [5.74, 6) is 0.0448. The minimum Gasteiger partial charge on any atom is -0.376 e. The number of hydrogen-bond acceptors (Lipinski definition) is 3. The monoisotopic (exact) mass is 301 g/mol. The van der Waals surface area contributed by atoms with Crippen LogP contribution in [-0.4, -0.2) is 32.3 Å². The summed E-state index contributed by atoms with van der Waals surface area (Å²) >= 11 is 0. The first-order valence-corrected chi connectivity index (χ1v) is 7.70. The van der Waals surface area contributed by atoms with Gasteiger partial charge in [0.25, 0.3) is 0 Å². The molecule has 1 rings (SSSR count). The molecule has 0 aliphatic carbocycles. The molecule has 0 N–H and O–H groups in total. The van der Waals surface area contributed by atoms with E-state index in [1.54, 1.807) is 13.3 Å². The van der Waals surface area contributed by atoms with Gasteiger partial charge in [0, 0.05) is 24.4 Å². The van der Waals surface area contributed by atoms with Crippen molar-refractivity contribution in [1.29, 1.82) is 0 Å². The molecule has 0 atom stereocenters. The molecule has 120 valence electrons. The third-order valence-corrected chi connectivity index (χ3v) is 2.71. The first-order valence-electron chi connectivity index (χ1n) is 7.70. The molecule has 0 saturated carbocycles. The molecule has 0 aromatic heterocycles. The van der Waals surface area contributed by atoms with Crippen LogP contribution in [0, 0.1) is 0 Å². The second kappa shape index (κ2) is 14.0. The molecule has 0 aliphatic rings. The number of ketones is 1. The van der Waals surface area contributed by atoms with Crippen LogP contribution in [0.3, 0.4) is 0 Å². The second-order valence-electron chi connectivity index (χ2n) is 4.15. The van der Waals surface area contributed by atoms with E-state index in [4.69, 9.17) is 4.74 Å². The molecule has 0 radical (unpaired) electrons. The van der Waals surface area contributed by atoms with Crippen LogP contribution >= 0.6 is 0 Å². The SMILES string of the molecule is C/C=C(\C=C/CCOCC=NC)C(=O)c1ccccc1.CC. The Bertz CT molecular complexity index is 487. The molecule has 1 aromatic rings. The lowest BCUT2D eigenvalue weighted by Gasteiger charge is -2.01. The lowest BCUT2D eigenvalue weighted by molar-refractivity contribution is 0.103. The number of nitrogens with zero attached hydrogens (tertiary/aromatic N) is 1. The van der Waals surface area contributed by atoms with Crippen LogP contribution < -0.4 is 0 Å². The summed E-state index contributed by atoms with van der Waals surface area (Å²) < 4.78 is 5.33. The minimum atomic E-state index is 0.0448. The van der Waals surface area contributed by atoms with Gasteiger partial charge in [-0.1, -0.05) is 62.4 Å². The van der Waals surface area contributed by atoms with Gasteiger partial charge in [0.2, 0.25) is 0 Å². The number of aliphatic imine (C=N–C) groups is 1. The number of hydrogen-bond donors (Lipinski definition) is 0. The summed E-state index contributed by atoms with van der Waals surface area (Å²) in [6.07, 6.45) is 8.14. The number of rotatable bonds is 8. The van der Waals surface area contributed by atoms with E-state index in [2.05, 4.69) is 4.99 Å². The van der Waals surface area contributed by atoms with Crippen LogP contribution in [0.4, 0.5) is 0 Å². The summed E-state index contributed by atoms with van der Waals surface area (Å²) in [4.78, 5) is 16.0. The van der Waals surface area contributed by atoms with E-state index < -0.39 is 0 Å². The number of ether oxygens (including phenoxy) is 1. The molecule has 0 fully saturated rings. The van der Waals surface area contributed by atoms with Crippen molar-refractivity contribution in [3.63, 3.8) is 0 Å². The molecule has 0 amide bonds. The molecule has 0 spiro atoms. The quantitative estimate of drug-likeness (QED) is 0.233. The maximum atomic E-state index is 12.2. The van der Waals surface area contributed by atoms with Gasteiger partial charge in [0.05, 0.1) is 13.2 Å². The van der Waals surface area contributed by atoms with E-state index in [0.29, 0.717) is 24.4 Å². The summed E-state index contributed by atoms with van der Waals surface area (Å²) in [6.45, 7) is 7.03. The smallest absolute Gasteiger partial charge is 0.192 e. The summed E-state index contributed by atoms with van der Waals surface area (Å²) in [7, 11) is 1.72. The zero-order valence-electron chi connectivity index (χ0n) is 14.1. The molecule has 0 heterocycles. The van der Waals surface area contributed by atoms with Crippen LogP contribution in [0.15, 0.2) is 59.1 Å². The highest BCUT2D eigenvalue weighted by molar-refractivity contribution is 6.10. The van der Waals surface area contributed by atoms with E-state index in [9.17, 15) is 4.79 Å². The van der Waals surface area contributed by atoms with E-state index in [1.165, 1.54) is 0 Å². The molecule has 22 heavy (non-hydrogen) atoms. The van der Waals surface area contributed by atoms with Crippen molar-refractivity contribution >= 4 is 12.0 Å². The van der Waals surface area contributed by atoms with E-state index in [1.807, 2.05) is 69.3 Å². The fraction of sp³-hybridized carbons (Fsp3) is 0.368. The predicted molar refractivity (Wildman–Crippen MR) is 94.9 cm³/mol. The average Bonchev–Trinajstić information content (AvgIpc) is 2.59. The lowest BCUT2D eigenvalue weighted by atomic mass is 10.0. The fourth-order valence-corrected chi connectivity index (χ4v) is 1.63. The third kappa shape index (κ3) is 8.32. The van der Waals surface area contributed by atoms with Crippen LogP contribution in [0.2, 0.25) is 0 Å². The topological polar surface area (TPSA) is 38.7 Å². The third-order valence-electron chi connectivity index (χ3n) is 2.71. The maximum absolute atomic E-state index is 12.2. The van der Waals surface area contributed by atoms with Crippen LogP contribution in [-0.2, 0) is 4.74 Å². The lowest BCUT2D eigenvalue weighted by Crippen LogP contribution is -2.01. The zero-order chi connectivity index (χ0) is 16.6. The van der Waals surface area contributed by atoms with Crippen LogP contribution in [0.5, 0.6) is 0 Å². The number of Topliss-reactive ketones (excluding diaryl/α,β-unsaturated/α-hetero) is 1. The fourth-order valence-electron chi connectivity index (χ4n) is 1.63. The van der Waals surface area contributed by atoms with Crippen molar-refractivity contribution in [1.82, 2.24) is 0 Å². The first kappa shape index (κ1) is 20.0. The first-order chi connectivity index (χ1) is 10.8. The van der Waals surface area contributed by atoms with Crippen LogP contribution in [0.1, 0.15) is 37.6 Å². The normalized spacial score (nSPS) is 11.5. The molecule has 0 bridgehead atoms. The number of allylic oxidation sites excluding steroid dienone is 3. The number of benzene rings is 1. The molecular formula is C19H27NO2. The van der Waals surface area contributed by atoms with Crippen molar-refractivity contribution in [2.24, 2.45) is 4.99 Å². The van der Waals surface area contributed by atoms with Crippen LogP contribution in [0.25, 0.3) is 0 Å². The highest BCUT2D eigenvalue weighted by Crippen LogP contribution is 2.09. The Morgan fingerprint density at radius 2 is 1.91 bits per heavy atom. The van der Waals surface area contributed by atoms with Gasteiger partial charge >= 0.3 is 0 Å². The standard InChI is InChI=1S/C17H21NO2.C2H6/c1-3-15(9-7-8-13-20-14-12-18-2)17(19)16-10-5-4-6-11-16;1-2/h3-7,9-12H,8,13-14H2,1-2H3;1-2H3/b9-7-,15-3+,18-12?;. The van der Waals surface area contributed by atoms with Crippen molar-refractivity contribution in [2.45, 2.75) is 27.2 Å². The van der Waals surface area contributed by atoms with Gasteiger partial charge < -0.3 is 4.74 Å². The van der Waals surface area contributed by atoms with Gasteiger partial charge in [-0.15, -0.1) is 0 Å². The molecule has 1 aromatic carbocycles.